The molecule has 9 rings (SSSR count). The van der Waals surface area contributed by atoms with Crippen molar-refractivity contribution in [3.63, 3.8) is 0 Å². The lowest BCUT2D eigenvalue weighted by molar-refractivity contribution is 0.537. The summed E-state index contributed by atoms with van der Waals surface area (Å²) in [6.45, 7) is 9.51. The van der Waals surface area contributed by atoms with Gasteiger partial charge in [-0.05, 0) is 59.4 Å². The van der Waals surface area contributed by atoms with Crippen LogP contribution >= 0.6 is 22.7 Å². The molecule has 0 N–H and O–H groups in total. The molecule has 0 unspecified atom stereocenters. The quantitative estimate of drug-likeness (QED) is 0.180. The van der Waals surface area contributed by atoms with Gasteiger partial charge in [0, 0.05) is 62.4 Å². The van der Waals surface area contributed by atoms with E-state index in [-0.39, 0.29) is 5.41 Å². The first-order valence-electron chi connectivity index (χ1n) is 14.9. The second kappa shape index (κ2) is 9.03. The van der Waals surface area contributed by atoms with Gasteiger partial charge in [-0.25, -0.2) is 0 Å². The minimum absolute atomic E-state index is 0.130. The first kappa shape index (κ1) is 25.1. The van der Waals surface area contributed by atoms with Crippen LogP contribution in [0.15, 0.2) is 122 Å². The van der Waals surface area contributed by atoms with E-state index in [0.717, 1.165) is 12.0 Å². The molecule has 206 valence electrons. The van der Waals surface area contributed by atoms with Gasteiger partial charge in [-0.2, -0.15) is 0 Å². The van der Waals surface area contributed by atoms with Crippen molar-refractivity contribution in [1.29, 1.82) is 0 Å². The van der Waals surface area contributed by atoms with Crippen LogP contribution in [0.4, 0.5) is 0 Å². The Balaban J connectivity index is 1.56. The number of aromatic nitrogens is 1. The predicted octanol–water partition coefficient (Wildman–Crippen LogP) is 12.3. The van der Waals surface area contributed by atoms with Crippen LogP contribution in [0.1, 0.15) is 31.4 Å². The first-order chi connectivity index (χ1) is 21.0. The van der Waals surface area contributed by atoms with E-state index in [2.05, 4.69) is 134 Å². The van der Waals surface area contributed by atoms with Crippen molar-refractivity contribution in [2.24, 2.45) is 0 Å². The van der Waals surface area contributed by atoms with Gasteiger partial charge in [-0.15, -0.1) is 22.7 Å². The number of fused-ring (bicyclic) bond motifs is 13. The zero-order valence-electron chi connectivity index (χ0n) is 24.1. The lowest BCUT2D eigenvalue weighted by Crippen LogP contribution is -2.20. The first-order valence-corrected chi connectivity index (χ1v) is 16.5. The smallest absolute Gasteiger partial charge is 0.0592 e. The number of nitrogens with zero attached hydrogens (tertiary/aromatic N) is 1. The normalized spacial score (nSPS) is 16.7. The van der Waals surface area contributed by atoms with Crippen molar-refractivity contribution in [3.05, 3.63) is 133 Å². The third-order valence-corrected chi connectivity index (χ3v) is 11.6. The monoisotopic (exact) mass is 587 g/mol. The Morgan fingerprint density at radius 2 is 1.40 bits per heavy atom. The minimum atomic E-state index is -0.130. The molecule has 0 spiro atoms. The Morgan fingerprint density at radius 3 is 2.23 bits per heavy atom. The summed E-state index contributed by atoms with van der Waals surface area (Å²) in [5.74, 6) is 0. The summed E-state index contributed by atoms with van der Waals surface area (Å²) in [6, 6.07) is 33.8. The third-order valence-electron chi connectivity index (χ3n) is 9.22. The Labute approximate surface area is 258 Å². The Kier molecular flexibility index (Phi) is 5.27. The summed E-state index contributed by atoms with van der Waals surface area (Å²) in [5, 5.41) is 7.98. The standard InChI is InChI=1S/C40H29NS2/c1-24-13-5-4-12-22-40(2,3)37-34(24)39-36(28-16-8-11-19-32(28)43-39)35-27-15-6-9-17-30(27)41(38(35)37)25-20-21-33-29(23-25)26-14-7-10-18-31(26)42-33/h4-21,23H,1,22H2,2-3H3/b12-4-,13-5-. The summed E-state index contributed by atoms with van der Waals surface area (Å²) in [6.07, 6.45) is 9.80. The van der Waals surface area contributed by atoms with E-state index >= 15 is 0 Å². The summed E-state index contributed by atoms with van der Waals surface area (Å²) >= 11 is 3.79. The highest BCUT2D eigenvalue weighted by Crippen LogP contribution is 2.52. The maximum atomic E-state index is 4.69. The van der Waals surface area contributed by atoms with Gasteiger partial charge in [-0.1, -0.05) is 99.3 Å². The predicted molar refractivity (Wildman–Crippen MR) is 192 cm³/mol. The average Bonchev–Trinajstić information content (AvgIpc) is 3.69. The number of hydrogen-bond donors (Lipinski definition) is 0. The topological polar surface area (TPSA) is 4.93 Å². The molecule has 0 fully saturated rings. The van der Waals surface area contributed by atoms with Crippen molar-refractivity contribution < 1.29 is 0 Å². The molecule has 0 saturated heterocycles. The third kappa shape index (κ3) is 3.50. The highest BCUT2D eigenvalue weighted by Gasteiger charge is 2.33. The van der Waals surface area contributed by atoms with E-state index in [1.165, 1.54) is 79.0 Å². The van der Waals surface area contributed by atoms with Crippen LogP contribution in [-0.2, 0) is 5.41 Å². The van der Waals surface area contributed by atoms with Gasteiger partial charge >= 0.3 is 0 Å². The van der Waals surface area contributed by atoms with Crippen LogP contribution in [0.2, 0.25) is 0 Å². The van der Waals surface area contributed by atoms with E-state index in [9.17, 15) is 0 Å². The summed E-state index contributed by atoms with van der Waals surface area (Å²) in [7, 11) is 0. The molecule has 8 aromatic rings. The molecule has 0 aliphatic heterocycles. The molecule has 0 atom stereocenters. The highest BCUT2D eigenvalue weighted by molar-refractivity contribution is 7.26. The Morgan fingerprint density at radius 1 is 0.698 bits per heavy atom. The van der Waals surface area contributed by atoms with Gasteiger partial charge in [0.2, 0.25) is 0 Å². The van der Waals surface area contributed by atoms with Crippen LogP contribution < -0.4 is 0 Å². The second-order valence-electron chi connectivity index (χ2n) is 12.3. The molecule has 1 aliphatic rings. The van der Waals surface area contributed by atoms with Crippen LogP contribution in [0, 0.1) is 0 Å². The van der Waals surface area contributed by atoms with Crippen LogP contribution in [0.3, 0.4) is 0 Å². The number of thiophene rings is 2. The average molecular weight is 588 g/mol. The Bertz CT molecular complexity index is 2530. The van der Waals surface area contributed by atoms with E-state index < -0.39 is 0 Å². The van der Waals surface area contributed by atoms with Gasteiger partial charge in [0.15, 0.2) is 0 Å². The maximum absolute atomic E-state index is 4.69. The maximum Gasteiger partial charge on any atom is 0.0592 e. The van der Waals surface area contributed by atoms with E-state index in [4.69, 9.17) is 6.58 Å². The van der Waals surface area contributed by atoms with Crippen LogP contribution in [0.25, 0.3) is 73.4 Å². The van der Waals surface area contributed by atoms with E-state index in [1.807, 2.05) is 22.7 Å². The largest absolute Gasteiger partial charge is 0.309 e. The minimum Gasteiger partial charge on any atom is -0.309 e. The second-order valence-corrected chi connectivity index (χ2v) is 14.4. The Hall–Kier alpha value is -4.44. The summed E-state index contributed by atoms with van der Waals surface area (Å²) in [4.78, 5) is 0. The molecule has 1 aliphatic carbocycles. The molecule has 3 heteroatoms. The van der Waals surface area contributed by atoms with Crippen molar-refractivity contribution in [2.45, 2.75) is 25.7 Å². The summed E-state index contributed by atoms with van der Waals surface area (Å²) in [5.41, 5.74) is 7.37. The number of benzene rings is 5. The fourth-order valence-corrected chi connectivity index (χ4v) is 9.70. The fraction of sp³-hybridized carbons (Fsp3) is 0.100. The number of para-hydroxylation sites is 1. The highest BCUT2D eigenvalue weighted by atomic mass is 32.1. The summed E-state index contributed by atoms with van der Waals surface area (Å²) < 4.78 is 7.88. The lowest BCUT2D eigenvalue weighted by Gasteiger charge is -2.29. The molecule has 1 nitrogen and oxygen atoms in total. The number of hydrogen-bond acceptors (Lipinski definition) is 2. The lowest BCUT2D eigenvalue weighted by atomic mass is 9.76. The van der Waals surface area contributed by atoms with Crippen molar-refractivity contribution >= 4 is 90.4 Å². The van der Waals surface area contributed by atoms with Crippen LogP contribution in [-0.4, -0.2) is 4.57 Å². The van der Waals surface area contributed by atoms with E-state index in [0.29, 0.717) is 0 Å². The zero-order valence-corrected chi connectivity index (χ0v) is 25.8. The zero-order chi connectivity index (χ0) is 28.9. The van der Waals surface area contributed by atoms with Gasteiger partial charge < -0.3 is 4.57 Å². The van der Waals surface area contributed by atoms with Crippen molar-refractivity contribution in [1.82, 2.24) is 4.57 Å². The number of allylic oxidation sites excluding steroid dienone is 5. The molecule has 0 saturated carbocycles. The van der Waals surface area contributed by atoms with Crippen molar-refractivity contribution in [3.8, 4) is 5.69 Å². The molecular formula is C40H29NS2. The molecule has 0 radical (unpaired) electrons. The van der Waals surface area contributed by atoms with Crippen molar-refractivity contribution in [2.75, 3.05) is 0 Å². The van der Waals surface area contributed by atoms with Gasteiger partial charge in [0.25, 0.3) is 0 Å². The molecule has 5 aromatic carbocycles. The fourth-order valence-electron chi connectivity index (χ4n) is 7.32. The molecule has 3 heterocycles. The SMILES string of the molecule is C=C1/C=C\C=C/CC(C)(C)c2c1c1sc3ccccc3c1c1c3ccccc3n(-c3ccc4sc5ccccc5c4c3)c21. The molecule has 43 heavy (non-hydrogen) atoms. The van der Waals surface area contributed by atoms with Gasteiger partial charge in [-0.3, -0.25) is 0 Å². The van der Waals surface area contributed by atoms with Gasteiger partial charge in [0.05, 0.1) is 11.0 Å². The molecule has 0 bridgehead atoms. The van der Waals surface area contributed by atoms with E-state index in [1.54, 1.807) is 0 Å². The van der Waals surface area contributed by atoms with Gasteiger partial charge in [0.1, 0.15) is 0 Å². The molecule has 3 aromatic heterocycles. The molecular weight excluding hydrogens is 559 g/mol. The van der Waals surface area contributed by atoms with Crippen LogP contribution in [0.5, 0.6) is 0 Å². The number of rotatable bonds is 1. The molecule has 0 amide bonds.